The highest BCUT2D eigenvalue weighted by Gasteiger charge is 2.29. The lowest BCUT2D eigenvalue weighted by molar-refractivity contribution is -0.120. The molecule has 0 saturated carbocycles. The van der Waals surface area contributed by atoms with Crippen LogP contribution in [0.5, 0.6) is 0 Å². The highest BCUT2D eigenvalue weighted by atomic mass is 32.2. The molecule has 0 spiro atoms. The minimum Gasteiger partial charge on any atom is -0.326 e. The van der Waals surface area contributed by atoms with Gasteiger partial charge in [0.25, 0.3) is 5.91 Å². The second-order valence-corrected chi connectivity index (χ2v) is 6.68. The van der Waals surface area contributed by atoms with Gasteiger partial charge in [-0.3, -0.25) is 10.1 Å². The first-order valence-corrected chi connectivity index (χ1v) is 8.24. The van der Waals surface area contributed by atoms with Gasteiger partial charge in [-0.05, 0) is 18.4 Å². The number of hydrogen-bond acceptors (Lipinski definition) is 4. The molecule has 0 aliphatic carbocycles. The molecular formula is C13H17N3O4S. The summed E-state index contributed by atoms with van der Waals surface area (Å²) in [6.07, 6.45) is 0.652. The van der Waals surface area contributed by atoms with E-state index in [1.54, 1.807) is 0 Å². The minimum absolute atomic E-state index is 0.0137. The topological polar surface area (TPSA) is 104 Å². The van der Waals surface area contributed by atoms with Crippen molar-refractivity contribution in [3.05, 3.63) is 35.9 Å². The Labute approximate surface area is 123 Å². The third-order valence-corrected chi connectivity index (χ3v) is 4.50. The average molecular weight is 311 g/mol. The molecule has 1 aromatic rings. The zero-order chi connectivity index (χ0) is 15.3. The first-order chi connectivity index (χ1) is 9.96. The summed E-state index contributed by atoms with van der Waals surface area (Å²) in [7, 11) is -3.40. The Bertz CT molecular complexity index is 616. The second kappa shape index (κ2) is 6.68. The normalized spacial score (nSPS) is 18.4. The summed E-state index contributed by atoms with van der Waals surface area (Å²) < 4.78 is 26.1. The number of benzene rings is 1. The van der Waals surface area contributed by atoms with E-state index in [2.05, 4.69) is 15.4 Å². The number of carbonyl (C=O) groups excluding carboxylic acids is 2. The van der Waals surface area contributed by atoms with Crippen LogP contribution in [0.1, 0.15) is 12.0 Å². The van der Waals surface area contributed by atoms with E-state index in [1.165, 1.54) is 0 Å². The zero-order valence-corrected chi connectivity index (χ0v) is 12.2. The van der Waals surface area contributed by atoms with Gasteiger partial charge in [0, 0.05) is 6.54 Å². The molecule has 3 N–H and O–H groups in total. The van der Waals surface area contributed by atoms with Gasteiger partial charge in [0.05, 0.1) is 5.75 Å². The Morgan fingerprint density at radius 1 is 1.14 bits per heavy atom. The Morgan fingerprint density at radius 3 is 2.48 bits per heavy atom. The minimum atomic E-state index is -3.40. The second-order valence-electron chi connectivity index (χ2n) is 4.75. The fourth-order valence-corrected chi connectivity index (χ4v) is 3.07. The number of imide groups is 1. The van der Waals surface area contributed by atoms with Gasteiger partial charge in [0.2, 0.25) is 10.0 Å². The van der Waals surface area contributed by atoms with Gasteiger partial charge >= 0.3 is 6.03 Å². The summed E-state index contributed by atoms with van der Waals surface area (Å²) in [6, 6.07) is 8.11. The number of carbonyl (C=O) groups is 2. The SMILES string of the molecule is O=C1NC(=O)C(CCNS(=O)(=O)CCc2ccccc2)N1. The molecule has 1 aliphatic rings. The Morgan fingerprint density at radius 2 is 1.86 bits per heavy atom. The van der Waals surface area contributed by atoms with Crippen LogP contribution in [0, 0.1) is 0 Å². The molecule has 2 rings (SSSR count). The van der Waals surface area contributed by atoms with Crippen molar-refractivity contribution in [1.29, 1.82) is 0 Å². The molecule has 1 aliphatic heterocycles. The quantitative estimate of drug-likeness (QED) is 0.604. The molecule has 21 heavy (non-hydrogen) atoms. The molecule has 1 aromatic carbocycles. The van der Waals surface area contributed by atoms with Crippen LogP contribution < -0.4 is 15.4 Å². The van der Waals surface area contributed by atoms with E-state index in [-0.39, 0.29) is 18.7 Å². The van der Waals surface area contributed by atoms with Crippen molar-refractivity contribution in [1.82, 2.24) is 15.4 Å². The maximum absolute atomic E-state index is 11.8. The molecule has 8 heteroatoms. The average Bonchev–Trinajstić information content (AvgIpc) is 2.76. The van der Waals surface area contributed by atoms with Crippen LogP contribution in [-0.4, -0.2) is 38.7 Å². The van der Waals surface area contributed by atoms with Crippen LogP contribution in [0.4, 0.5) is 4.79 Å². The molecule has 1 fully saturated rings. The van der Waals surface area contributed by atoms with Crippen LogP contribution in [0.2, 0.25) is 0 Å². The maximum Gasteiger partial charge on any atom is 0.322 e. The summed E-state index contributed by atoms with van der Waals surface area (Å²) in [6.45, 7) is 0.107. The van der Waals surface area contributed by atoms with Crippen LogP contribution in [0.15, 0.2) is 30.3 Å². The molecule has 0 radical (unpaired) electrons. The molecule has 0 aromatic heterocycles. The molecule has 7 nitrogen and oxygen atoms in total. The summed E-state index contributed by atoms with van der Waals surface area (Å²) in [5.41, 5.74) is 0.949. The molecule has 3 amide bonds. The van der Waals surface area contributed by atoms with E-state index in [0.717, 1.165) is 5.56 Å². The lowest BCUT2D eigenvalue weighted by atomic mass is 10.2. The van der Waals surface area contributed by atoms with E-state index < -0.39 is 28.0 Å². The monoisotopic (exact) mass is 311 g/mol. The summed E-state index contributed by atoms with van der Waals surface area (Å²) in [5.74, 6) is -0.441. The molecule has 1 atom stereocenters. The van der Waals surface area contributed by atoms with Gasteiger partial charge in [0.15, 0.2) is 0 Å². The van der Waals surface area contributed by atoms with Crippen LogP contribution in [-0.2, 0) is 21.2 Å². The molecule has 114 valence electrons. The number of hydrogen-bond donors (Lipinski definition) is 3. The van der Waals surface area contributed by atoms with Crippen molar-refractivity contribution in [3.63, 3.8) is 0 Å². The van der Waals surface area contributed by atoms with E-state index >= 15 is 0 Å². The van der Waals surface area contributed by atoms with Gasteiger partial charge in [-0.25, -0.2) is 17.9 Å². The Balaban J connectivity index is 1.74. The lowest BCUT2D eigenvalue weighted by Gasteiger charge is -2.09. The summed E-state index contributed by atoms with van der Waals surface area (Å²) >= 11 is 0. The summed E-state index contributed by atoms with van der Waals surface area (Å²) in [4.78, 5) is 22.2. The van der Waals surface area contributed by atoms with Crippen molar-refractivity contribution in [2.45, 2.75) is 18.9 Å². The van der Waals surface area contributed by atoms with Gasteiger partial charge in [-0.1, -0.05) is 30.3 Å². The number of rotatable bonds is 7. The van der Waals surface area contributed by atoms with Gasteiger partial charge < -0.3 is 5.32 Å². The molecule has 0 bridgehead atoms. The number of nitrogens with one attached hydrogen (secondary N) is 3. The standard InChI is InChI=1S/C13H17N3O4S/c17-12-11(15-13(18)16-12)6-8-14-21(19,20)9-7-10-4-2-1-3-5-10/h1-5,11,14H,6-9H2,(H2,15,16,17,18). The third kappa shape index (κ3) is 4.83. The zero-order valence-electron chi connectivity index (χ0n) is 11.3. The van der Waals surface area contributed by atoms with E-state index in [0.29, 0.717) is 6.42 Å². The Hall–Kier alpha value is -1.93. The van der Waals surface area contributed by atoms with Crippen LogP contribution >= 0.6 is 0 Å². The third-order valence-electron chi connectivity index (χ3n) is 3.12. The highest BCUT2D eigenvalue weighted by molar-refractivity contribution is 7.89. The number of sulfonamides is 1. The first-order valence-electron chi connectivity index (χ1n) is 6.59. The Kier molecular flexibility index (Phi) is 4.92. The van der Waals surface area contributed by atoms with E-state index in [9.17, 15) is 18.0 Å². The molecule has 1 unspecified atom stereocenters. The van der Waals surface area contributed by atoms with Crippen molar-refractivity contribution < 1.29 is 18.0 Å². The smallest absolute Gasteiger partial charge is 0.322 e. The van der Waals surface area contributed by atoms with E-state index in [1.807, 2.05) is 30.3 Å². The fourth-order valence-electron chi connectivity index (χ4n) is 1.99. The molecule has 1 saturated heterocycles. The number of aryl methyl sites for hydroxylation is 1. The number of urea groups is 1. The first kappa shape index (κ1) is 15.5. The molecule has 1 heterocycles. The van der Waals surface area contributed by atoms with Crippen LogP contribution in [0.25, 0.3) is 0 Å². The van der Waals surface area contributed by atoms with Gasteiger partial charge in [-0.15, -0.1) is 0 Å². The highest BCUT2D eigenvalue weighted by Crippen LogP contribution is 2.02. The van der Waals surface area contributed by atoms with Crippen molar-refractivity contribution in [2.24, 2.45) is 0 Å². The predicted molar refractivity (Wildman–Crippen MR) is 77.0 cm³/mol. The fraction of sp³-hybridized carbons (Fsp3) is 0.385. The van der Waals surface area contributed by atoms with Crippen LogP contribution in [0.3, 0.4) is 0 Å². The van der Waals surface area contributed by atoms with E-state index in [4.69, 9.17) is 0 Å². The largest absolute Gasteiger partial charge is 0.326 e. The predicted octanol–water partition coefficient (Wildman–Crippen LogP) is -0.253. The maximum atomic E-state index is 11.8. The summed E-state index contributed by atoms with van der Waals surface area (Å²) in [5, 5.41) is 4.51. The number of amides is 3. The van der Waals surface area contributed by atoms with Gasteiger partial charge in [0.1, 0.15) is 6.04 Å². The van der Waals surface area contributed by atoms with Crippen molar-refractivity contribution in [3.8, 4) is 0 Å². The van der Waals surface area contributed by atoms with Crippen molar-refractivity contribution >= 4 is 22.0 Å². The molecular weight excluding hydrogens is 294 g/mol. The van der Waals surface area contributed by atoms with Gasteiger partial charge in [-0.2, -0.15) is 0 Å². The van der Waals surface area contributed by atoms with Crippen molar-refractivity contribution in [2.75, 3.05) is 12.3 Å². The lowest BCUT2D eigenvalue weighted by Crippen LogP contribution is -2.35.